The summed E-state index contributed by atoms with van der Waals surface area (Å²) in [5.74, 6) is -0.350. The molecule has 0 atom stereocenters. The van der Waals surface area contributed by atoms with Crippen molar-refractivity contribution < 1.29 is 9.53 Å². The molecule has 1 aromatic carbocycles. The SMILES string of the molecule is COC(=O)/C(=C/N(C)C)c1ccc2ncccc2c1. The zero-order valence-corrected chi connectivity index (χ0v) is 11.3. The lowest BCUT2D eigenvalue weighted by Crippen LogP contribution is -2.10. The van der Waals surface area contributed by atoms with E-state index in [1.165, 1.54) is 7.11 Å². The van der Waals surface area contributed by atoms with Gasteiger partial charge in [-0.3, -0.25) is 4.98 Å². The highest BCUT2D eigenvalue weighted by Crippen LogP contribution is 2.21. The molecule has 0 aliphatic heterocycles. The smallest absolute Gasteiger partial charge is 0.339 e. The molecule has 0 radical (unpaired) electrons. The van der Waals surface area contributed by atoms with Crippen LogP contribution in [0.1, 0.15) is 5.56 Å². The van der Waals surface area contributed by atoms with Gasteiger partial charge in [0, 0.05) is 31.9 Å². The molecule has 0 amide bonds. The highest BCUT2D eigenvalue weighted by atomic mass is 16.5. The van der Waals surface area contributed by atoms with E-state index in [9.17, 15) is 4.79 Å². The van der Waals surface area contributed by atoms with E-state index in [-0.39, 0.29) is 5.97 Å². The molecule has 2 aromatic rings. The fourth-order valence-corrected chi connectivity index (χ4v) is 1.86. The lowest BCUT2D eigenvalue weighted by Gasteiger charge is -2.11. The minimum absolute atomic E-state index is 0.350. The molecule has 2 rings (SSSR count). The van der Waals surface area contributed by atoms with Gasteiger partial charge in [0.25, 0.3) is 0 Å². The van der Waals surface area contributed by atoms with Crippen molar-refractivity contribution >= 4 is 22.4 Å². The highest BCUT2D eigenvalue weighted by molar-refractivity contribution is 6.16. The van der Waals surface area contributed by atoms with Gasteiger partial charge in [-0.2, -0.15) is 0 Å². The average molecular weight is 256 g/mol. The fourth-order valence-electron chi connectivity index (χ4n) is 1.86. The van der Waals surface area contributed by atoms with E-state index in [0.29, 0.717) is 5.57 Å². The second kappa shape index (κ2) is 5.52. The average Bonchev–Trinajstić information content (AvgIpc) is 2.43. The van der Waals surface area contributed by atoms with Gasteiger partial charge < -0.3 is 9.64 Å². The van der Waals surface area contributed by atoms with Crippen LogP contribution in [-0.4, -0.2) is 37.1 Å². The van der Waals surface area contributed by atoms with Gasteiger partial charge in [0.05, 0.1) is 18.2 Å². The fraction of sp³-hybridized carbons (Fsp3) is 0.200. The largest absolute Gasteiger partial charge is 0.465 e. The van der Waals surface area contributed by atoms with E-state index >= 15 is 0 Å². The first-order valence-electron chi connectivity index (χ1n) is 5.93. The van der Waals surface area contributed by atoms with Crippen molar-refractivity contribution in [3.8, 4) is 0 Å². The number of esters is 1. The van der Waals surface area contributed by atoms with E-state index in [1.54, 1.807) is 12.4 Å². The van der Waals surface area contributed by atoms with Crippen LogP contribution in [0.15, 0.2) is 42.7 Å². The monoisotopic (exact) mass is 256 g/mol. The number of fused-ring (bicyclic) bond motifs is 1. The van der Waals surface area contributed by atoms with Crippen LogP contribution in [0.5, 0.6) is 0 Å². The van der Waals surface area contributed by atoms with Crippen molar-refractivity contribution in [1.29, 1.82) is 0 Å². The maximum atomic E-state index is 11.9. The highest BCUT2D eigenvalue weighted by Gasteiger charge is 2.13. The van der Waals surface area contributed by atoms with Crippen LogP contribution >= 0.6 is 0 Å². The van der Waals surface area contributed by atoms with E-state index in [4.69, 9.17) is 4.74 Å². The van der Waals surface area contributed by atoms with Crippen molar-refractivity contribution in [2.24, 2.45) is 0 Å². The molecule has 4 heteroatoms. The Morgan fingerprint density at radius 2 is 2.11 bits per heavy atom. The molecule has 0 aliphatic rings. The molecule has 1 aromatic heterocycles. The van der Waals surface area contributed by atoms with Crippen molar-refractivity contribution in [2.75, 3.05) is 21.2 Å². The zero-order valence-electron chi connectivity index (χ0n) is 11.3. The van der Waals surface area contributed by atoms with Crippen molar-refractivity contribution in [1.82, 2.24) is 9.88 Å². The van der Waals surface area contributed by atoms with Crippen LogP contribution < -0.4 is 0 Å². The third-order valence-corrected chi connectivity index (χ3v) is 2.71. The number of nitrogens with zero attached hydrogens (tertiary/aromatic N) is 2. The van der Waals surface area contributed by atoms with Crippen LogP contribution in [0.25, 0.3) is 16.5 Å². The first-order valence-corrected chi connectivity index (χ1v) is 5.93. The van der Waals surface area contributed by atoms with Gasteiger partial charge in [0.15, 0.2) is 0 Å². The van der Waals surface area contributed by atoms with Gasteiger partial charge in [-0.05, 0) is 23.8 Å². The van der Waals surface area contributed by atoms with Gasteiger partial charge >= 0.3 is 5.97 Å². The van der Waals surface area contributed by atoms with E-state index in [0.717, 1.165) is 16.5 Å². The third kappa shape index (κ3) is 2.91. The lowest BCUT2D eigenvalue weighted by atomic mass is 10.0. The summed E-state index contributed by atoms with van der Waals surface area (Å²) >= 11 is 0. The number of hydrogen-bond donors (Lipinski definition) is 0. The maximum absolute atomic E-state index is 11.9. The molecule has 0 spiro atoms. The number of aromatic nitrogens is 1. The molecule has 0 saturated heterocycles. The molecular weight excluding hydrogens is 240 g/mol. The summed E-state index contributed by atoms with van der Waals surface area (Å²) in [4.78, 5) is 17.9. The summed E-state index contributed by atoms with van der Waals surface area (Å²) in [6, 6.07) is 9.56. The number of ether oxygens (including phenoxy) is 1. The summed E-state index contributed by atoms with van der Waals surface area (Å²) in [5.41, 5.74) is 2.25. The standard InChI is InChI=1S/C15H16N2O2/c1-17(2)10-13(15(18)19-3)11-6-7-14-12(9-11)5-4-8-16-14/h4-10H,1-3H3/b13-10+. The molecule has 0 bridgehead atoms. The molecule has 98 valence electrons. The van der Waals surface area contributed by atoms with Crippen LogP contribution in [0, 0.1) is 0 Å². The van der Waals surface area contributed by atoms with Gasteiger partial charge in [-0.15, -0.1) is 0 Å². The van der Waals surface area contributed by atoms with Crippen molar-refractivity contribution in [3.05, 3.63) is 48.3 Å². The first-order chi connectivity index (χ1) is 9.11. The summed E-state index contributed by atoms with van der Waals surface area (Å²) in [5, 5.41) is 0.994. The number of benzene rings is 1. The Kier molecular flexibility index (Phi) is 3.80. The Morgan fingerprint density at radius 3 is 2.79 bits per heavy atom. The van der Waals surface area contributed by atoms with Gasteiger partial charge in [0.2, 0.25) is 0 Å². The predicted octanol–water partition coefficient (Wildman–Crippen LogP) is 2.31. The number of carbonyl (C=O) groups is 1. The Balaban J connectivity index is 2.53. The number of methoxy groups -OCH3 is 1. The third-order valence-electron chi connectivity index (χ3n) is 2.71. The van der Waals surface area contributed by atoms with Crippen molar-refractivity contribution in [3.63, 3.8) is 0 Å². The summed E-state index contributed by atoms with van der Waals surface area (Å²) in [6.45, 7) is 0. The second-order valence-electron chi connectivity index (χ2n) is 4.41. The number of carbonyl (C=O) groups excluding carboxylic acids is 1. The van der Waals surface area contributed by atoms with Crippen LogP contribution in [0.2, 0.25) is 0 Å². The first kappa shape index (κ1) is 13.1. The van der Waals surface area contributed by atoms with Crippen LogP contribution in [-0.2, 0) is 9.53 Å². The van der Waals surface area contributed by atoms with E-state index in [1.807, 2.05) is 49.3 Å². The Bertz CT molecular complexity index is 633. The number of hydrogen-bond acceptors (Lipinski definition) is 4. The van der Waals surface area contributed by atoms with Crippen LogP contribution in [0.4, 0.5) is 0 Å². The van der Waals surface area contributed by atoms with Gasteiger partial charge in [-0.25, -0.2) is 4.79 Å². The molecular formula is C15H16N2O2. The van der Waals surface area contributed by atoms with Crippen LogP contribution in [0.3, 0.4) is 0 Å². The number of pyridine rings is 1. The zero-order chi connectivity index (χ0) is 13.8. The molecule has 0 saturated carbocycles. The van der Waals surface area contributed by atoms with E-state index < -0.39 is 0 Å². The topological polar surface area (TPSA) is 42.4 Å². The molecule has 4 nitrogen and oxygen atoms in total. The summed E-state index contributed by atoms with van der Waals surface area (Å²) < 4.78 is 4.83. The number of rotatable bonds is 3. The summed E-state index contributed by atoms with van der Waals surface area (Å²) in [7, 11) is 5.12. The van der Waals surface area contributed by atoms with Crippen molar-refractivity contribution in [2.45, 2.75) is 0 Å². The maximum Gasteiger partial charge on any atom is 0.339 e. The molecule has 1 heterocycles. The molecule has 0 N–H and O–H groups in total. The molecule has 0 aliphatic carbocycles. The lowest BCUT2D eigenvalue weighted by molar-refractivity contribution is -0.133. The molecule has 19 heavy (non-hydrogen) atoms. The van der Waals surface area contributed by atoms with E-state index in [2.05, 4.69) is 4.98 Å². The quantitative estimate of drug-likeness (QED) is 0.624. The minimum Gasteiger partial charge on any atom is -0.465 e. The Morgan fingerprint density at radius 1 is 1.32 bits per heavy atom. The second-order valence-corrected chi connectivity index (χ2v) is 4.41. The molecule has 0 unspecified atom stereocenters. The predicted molar refractivity (Wildman–Crippen MR) is 75.4 cm³/mol. The Labute approximate surface area is 112 Å². The minimum atomic E-state index is -0.350. The van der Waals surface area contributed by atoms with Gasteiger partial charge in [0.1, 0.15) is 0 Å². The Hall–Kier alpha value is -2.36. The normalized spacial score (nSPS) is 11.4. The molecule has 0 fully saturated rings. The summed E-state index contributed by atoms with van der Waals surface area (Å²) in [6.07, 6.45) is 3.50. The van der Waals surface area contributed by atoms with Gasteiger partial charge in [-0.1, -0.05) is 12.1 Å².